The summed E-state index contributed by atoms with van der Waals surface area (Å²) in [6, 6.07) is 65.9. The second-order valence-electron chi connectivity index (χ2n) is 19.5. The van der Waals surface area contributed by atoms with Crippen LogP contribution >= 0.6 is 0 Å². The monoisotopic (exact) mass is 872 g/mol. The van der Waals surface area contributed by atoms with Crippen LogP contribution in [0.1, 0.15) is 62.3 Å². The SMILES string of the molecule is [2H]C([2H])([2H])c1cc(-c2ccccc2)cc(-n2c(-c3cc(C(C)(C)C)cc(C(C)(C)C)c3O)nc3c(-c4cc(-c5ccccc5)cc(-c5cc(-c6ccc(-c7ccccc7)cc6)ccn5)c4)cccc32)c1. The van der Waals surface area contributed by atoms with Crippen molar-refractivity contribution in [1.29, 1.82) is 0 Å². The Bertz CT molecular complexity index is 3530. The number of phenolic OH excluding ortho intramolecular Hbond substituents is 1. The maximum atomic E-state index is 12.5. The minimum atomic E-state index is -2.40. The number of benzene rings is 8. The van der Waals surface area contributed by atoms with E-state index in [0.29, 0.717) is 22.6 Å². The summed E-state index contributed by atoms with van der Waals surface area (Å²) in [6.45, 7) is 10.4. The van der Waals surface area contributed by atoms with Crippen molar-refractivity contribution in [3.8, 4) is 89.7 Å². The lowest BCUT2D eigenvalue weighted by Gasteiger charge is -2.27. The molecule has 328 valence electrons. The molecule has 2 heterocycles. The molecule has 4 heteroatoms. The Balaban J connectivity index is 1.22. The van der Waals surface area contributed by atoms with Crippen molar-refractivity contribution >= 4 is 11.0 Å². The van der Waals surface area contributed by atoms with Gasteiger partial charge in [0.05, 0.1) is 22.3 Å². The molecule has 0 aliphatic heterocycles. The van der Waals surface area contributed by atoms with Gasteiger partial charge in [-0.25, -0.2) is 4.98 Å². The molecule has 0 aliphatic rings. The van der Waals surface area contributed by atoms with E-state index in [2.05, 4.69) is 163 Å². The van der Waals surface area contributed by atoms with Crippen LogP contribution in [-0.4, -0.2) is 19.6 Å². The quantitative estimate of drug-likeness (QED) is 0.165. The second kappa shape index (κ2) is 17.2. The van der Waals surface area contributed by atoms with Crippen LogP contribution in [0.15, 0.2) is 200 Å². The van der Waals surface area contributed by atoms with Crippen LogP contribution in [0.2, 0.25) is 0 Å². The number of imidazole rings is 1. The molecule has 0 spiro atoms. The molecule has 2 aromatic heterocycles. The molecule has 0 saturated heterocycles. The lowest BCUT2D eigenvalue weighted by molar-refractivity contribution is 0.446. The Morgan fingerprint density at radius 1 is 0.463 bits per heavy atom. The van der Waals surface area contributed by atoms with Crippen LogP contribution in [0.5, 0.6) is 5.75 Å². The van der Waals surface area contributed by atoms with E-state index in [4.69, 9.17) is 14.1 Å². The van der Waals surface area contributed by atoms with Gasteiger partial charge in [-0.15, -0.1) is 0 Å². The fourth-order valence-corrected chi connectivity index (χ4v) is 9.10. The van der Waals surface area contributed by atoms with Crippen molar-refractivity contribution in [2.45, 2.75) is 59.2 Å². The van der Waals surface area contributed by atoms with Crippen LogP contribution < -0.4 is 0 Å². The minimum Gasteiger partial charge on any atom is -0.507 e. The highest BCUT2D eigenvalue weighted by atomic mass is 16.3. The maximum absolute atomic E-state index is 12.5. The summed E-state index contributed by atoms with van der Waals surface area (Å²) in [7, 11) is 0. The zero-order valence-corrected chi connectivity index (χ0v) is 38.8. The number of para-hydroxylation sites is 1. The number of aryl methyl sites for hydroxylation is 1. The van der Waals surface area contributed by atoms with Gasteiger partial charge in [0.15, 0.2) is 0 Å². The average Bonchev–Trinajstić information content (AvgIpc) is 3.76. The molecule has 1 N–H and O–H groups in total. The fourth-order valence-electron chi connectivity index (χ4n) is 9.10. The number of hydrogen-bond donors (Lipinski definition) is 1. The Morgan fingerprint density at radius 2 is 1.03 bits per heavy atom. The number of rotatable bonds is 8. The Kier molecular flexibility index (Phi) is 10.1. The van der Waals surface area contributed by atoms with Gasteiger partial charge >= 0.3 is 0 Å². The third-order valence-corrected chi connectivity index (χ3v) is 12.7. The van der Waals surface area contributed by atoms with Crippen molar-refractivity contribution in [2.24, 2.45) is 0 Å². The van der Waals surface area contributed by atoms with Gasteiger partial charge in [-0.1, -0.05) is 181 Å². The van der Waals surface area contributed by atoms with Crippen molar-refractivity contribution in [2.75, 3.05) is 0 Å². The Labute approximate surface area is 399 Å². The summed E-state index contributed by atoms with van der Waals surface area (Å²) in [5, 5.41) is 12.5. The molecular formula is C63H55N3O. The van der Waals surface area contributed by atoms with Gasteiger partial charge in [-0.2, -0.15) is 0 Å². The standard InChI is InChI=1S/C63H55N3O/c1-41-32-48(43-20-13-9-14-21-43)37-53(33-41)66-58-25-17-24-54(59(58)65-61(66)55-39-52(62(2,3)4)40-56(60(55)67)63(5,6)7)50-34-49(44-22-15-10-16-23-44)35-51(36-50)57-38-47(30-31-64-57)46-28-26-45(27-29-46)42-18-11-8-12-19-42/h8-40,67H,1-7H3/i1D3. The summed E-state index contributed by atoms with van der Waals surface area (Å²) < 4.78 is 28.0. The molecule has 8 aromatic carbocycles. The van der Waals surface area contributed by atoms with Crippen molar-refractivity contribution in [3.05, 3.63) is 217 Å². The molecule has 0 radical (unpaired) electrons. The molecule has 0 atom stereocenters. The van der Waals surface area contributed by atoms with Crippen molar-refractivity contribution < 1.29 is 9.22 Å². The van der Waals surface area contributed by atoms with Crippen LogP contribution in [-0.2, 0) is 10.8 Å². The number of pyridine rings is 1. The van der Waals surface area contributed by atoms with Gasteiger partial charge in [-0.3, -0.25) is 9.55 Å². The molecule has 0 amide bonds. The van der Waals surface area contributed by atoms with E-state index in [-0.39, 0.29) is 16.7 Å². The van der Waals surface area contributed by atoms with Crippen LogP contribution in [0.25, 0.3) is 95.0 Å². The predicted molar refractivity (Wildman–Crippen MR) is 281 cm³/mol. The summed E-state index contributed by atoms with van der Waals surface area (Å²) in [4.78, 5) is 10.5. The number of phenols is 1. The summed E-state index contributed by atoms with van der Waals surface area (Å²) in [5.41, 5.74) is 15.8. The molecule has 4 nitrogen and oxygen atoms in total. The smallest absolute Gasteiger partial charge is 0.149 e. The fraction of sp³-hybridized carbons (Fsp3) is 0.143. The molecular weight excluding hydrogens is 815 g/mol. The summed E-state index contributed by atoms with van der Waals surface area (Å²) >= 11 is 0. The van der Waals surface area contributed by atoms with Crippen LogP contribution in [0, 0.1) is 6.85 Å². The summed E-state index contributed by atoms with van der Waals surface area (Å²) in [5.74, 6) is 0.647. The third kappa shape index (κ3) is 8.59. The van der Waals surface area contributed by atoms with Crippen LogP contribution in [0.4, 0.5) is 0 Å². The zero-order valence-electron chi connectivity index (χ0n) is 41.8. The van der Waals surface area contributed by atoms with Gasteiger partial charge in [0.2, 0.25) is 0 Å². The first-order valence-corrected chi connectivity index (χ1v) is 22.9. The second-order valence-corrected chi connectivity index (χ2v) is 19.5. The van der Waals surface area contributed by atoms with Gasteiger partial charge in [0, 0.05) is 32.7 Å². The van der Waals surface area contributed by atoms with Gasteiger partial charge < -0.3 is 5.11 Å². The molecule has 10 rings (SSSR count). The third-order valence-electron chi connectivity index (χ3n) is 12.7. The molecule has 0 saturated carbocycles. The van der Waals surface area contributed by atoms with E-state index in [1.54, 1.807) is 12.1 Å². The number of aromatic hydroxyl groups is 1. The number of aromatic nitrogens is 3. The van der Waals surface area contributed by atoms with Crippen molar-refractivity contribution in [1.82, 2.24) is 14.5 Å². The minimum absolute atomic E-state index is 0.142. The molecule has 67 heavy (non-hydrogen) atoms. The van der Waals surface area contributed by atoms with E-state index in [9.17, 15) is 5.11 Å². The number of fused-ring (bicyclic) bond motifs is 1. The summed E-state index contributed by atoms with van der Waals surface area (Å²) in [6.07, 6.45) is 1.88. The topological polar surface area (TPSA) is 50.9 Å². The van der Waals surface area contributed by atoms with Gasteiger partial charge in [0.1, 0.15) is 11.6 Å². The average molecular weight is 873 g/mol. The first-order chi connectivity index (χ1) is 33.5. The largest absolute Gasteiger partial charge is 0.507 e. The van der Waals surface area contributed by atoms with E-state index < -0.39 is 12.3 Å². The lowest BCUT2D eigenvalue weighted by atomic mass is 9.79. The molecule has 0 bridgehead atoms. The predicted octanol–water partition coefficient (Wildman–Crippen LogP) is 16.7. The maximum Gasteiger partial charge on any atom is 0.149 e. The molecule has 0 aliphatic carbocycles. The highest BCUT2D eigenvalue weighted by Crippen LogP contribution is 2.45. The van der Waals surface area contributed by atoms with E-state index in [0.717, 1.165) is 78.0 Å². The van der Waals surface area contributed by atoms with Gasteiger partial charge in [0.25, 0.3) is 0 Å². The Morgan fingerprint density at radius 3 is 1.64 bits per heavy atom. The lowest BCUT2D eigenvalue weighted by Crippen LogP contribution is -2.17. The normalized spacial score (nSPS) is 12.7. The number of hydrogen-bond acceptors (Lipinski definition) is 3. The first kappa shape index (κ1) is 39.5. The van der Waals surface area contributed by atoms with Crippen molar-refractivity contribution in [3.63, 3.8) is 0 Å². The Hall–Kier alpha value is -7.82. The highest BCUT2D eigenvalue weighted by molar-refractivity contribution is 5.98. The zero-order chi connectivity index (χ0) is 49.0. The molecule has 0 unspecified atom stereocenters. The highest BCUT2D eigenvalue weighted by Gasteiger charge is 2.29. The molecule has 0 fully saturated rings. The van der Waals surface area contributed by atoms with E-state index in [1.807, 2.05) is 71.4 Å². The van der Waals surface area contributed by atoms with E-state index >= 15 is 0 Å². The molecule has 10 aromatic rings. The van der Waals surface area contributed by atoms with Gasteiger partial charge in [-0.05, 0) is 133 Å². The first-order valence-electron chi connectivity index (χ1n) is 24.4. The van der Waals surface area contributed by atoms with Crippen LogP contribution in [0.3, 0.4) is 0 Å². The number of nitrogens with zero attached hydrogens (tertiary/aromatic N) is 3. The van der Waals surface area contributed by atoms with E-state index in [1.165, 1.54) is 5.56 Å².